The average Bonchev–Trinajstić information content (AvgIpc) is 2.19. The van der Waals surface area contributed by atoms with Gasteiger partial charge in [0.15, 0.2) is 0 Å². The lowest BCUT2D eigenvalue weighted by Gasteiger charge is -2.32. The number of nitrogens with one attached hydrogen (secondary N) is 2. The maximum atomic E-state index is 11.9. The van der Waals surface area contributed by atoms with Crippen molar-refractivity contribution in [3.8, 4) is 0 Å². The third-order valence-electron chi connectivity index (χ3n) is 2.84. The van der Waals surface area contributed by atoms with Crippen LogP contribution in [0.4, 0.5) is 0 Å². The first-order valence-electron chi connectivity index (χ1n) is 5.29. The molecule has 0 spiro atoms. The molecule has 0 unspecified atom stereocenters. The summed E-state index contributed by atoms with van der Waals surface area (Å²) in [6.45, 7) is 2.07. The van der Waals surface area contributed by atoms with E-state index in [-0.39, 0.29) is 16.0 Å². The van der Waals surface area contributed by atoms with Crippen molar-refractivity contribution in [2.45, 2.75) is 30.7 Å². The molecule has 1 saturated carbocycles. The summed E-state index contributed by atoms with van der Waals surface area (Å²) in [6, 6.07) is 1.14. The third-order valence-corrected chi connectivity index (χ3v) is 4.62. The van der Waals surface area contributed by atoms with Crippen LogP contribution in [0.1, 0.15) is 19.8 Å². The van der Waals surface area contributed by atoms with Crippen molar-refractivity contribution >= 4 is 21.6 Å². The second-order valence-corrected chi connectivity index (χ2v) is 6.53. The predicted molar refractivity (Wildman–Crippen MR) is 64.6 cm³/mol. The second-order valence-electron chi connectivity index (χ2n) is 4.41. The molecular formula is C10H13ClN2O3S. The Balaban J connectivity index is 2.19. The van der Waals surface area contributed by atoms with Crippen LogP contribution in [0, 0.1) is 5.92 Å². The van der Waals surface area contributed by atoms with E-state index in [1.54, 1.807) is 0 Å². The number of rotatable bonds is 3. The molecule has 1 heterocycles. The van der Waals surface area contributed by atoms with Gasteiger partial charge in [-0.1, -0.05) is 18.5 Å². The van der Waals surface area contributed by atoms with E-state index in [9.17, 15) is 13.2 Å². The number of aromatic nitrogens is 1. The topological polar surface area (TPSA) is 79.0 Å². The van der Waals surface area contributed by atoms with Gasteiger partial charge in [0.05, 0.1) is 4.90 Å². The van der Waals surface area contributed by atoms with E-state index in [0.29, 0.717) is 5.92 Å². The van der Waals surface area contributed by atoms with Crippen LogP contribution in [0.15, 0.2) is 22.0 Å². The minimum atomic E-state index is -3.59. The normalized spacial score (nSPS) is 24.4. The van der Waals surface area contributed by atoms with Gasteiger partial charge in [-0.2, -0.15) is 0 Å². The molecule has 7 heteroatoms. The monoisotopic (exact) mass is 276 g/mol. The van der Waals surface area contributed by atoms with Crippen molar-refractivity contribution in [2.24, 2.45) is 5.92 Å². The molecule has 2 N–H and O–H groups in total. The fourth-order valence-corrected chi connectivity index (χ4v) is 3.37. The van der Waals surface area contributed by atoms with Crippen molar-refractivity contribution in [3.63, 3.8) is 0 Å². The fraction of sp³-hybridized carbons (Fsp3) is 0.500. The molecule has 5 nitrogen and oxygen atoms in total. The van der Waals surface area contributed by atoms with Gasteiger partial charge in [-0.3, -0.25) is 4.79 Å². The van der Waals surface area contributed by atoms with Gasteiger partial charge in [0.25, 0.3) is 5.56 Å². The summed E-state index contributed by atoms with van der Waals surface area (Å²) >= 11 is 5.59. The maximum absolute atomic E-state index is 11.9. The molecular weight excluding hydrogens is 264 g/mol. The highest BCUT2D eigenvalue weighted by Gasteiger charge is 2.30. The Bertz CT molecular complexity index is 575. The van der Waals surface area contributed by atoms with Crippen LogP contribution >= 0.6 is 11.6 Å². The Hall–Kier alpha value is -0.850. The van der Waals surface area contributed by atoms with Crippen LogP contribution < -0.4 is 10.3 Å². The van der Waals surface area contributed by atoms with Crippen LogP contribution in [0.2, 0.25) is 5.02 Å². The lowest BCUT2D eigenvalue weighted by atomic mass is 9.83. The molecule has 0 atom stereocenters. The first-order chi connectivity index (χ1) is 7.88. The van der Waals surface area contributed by atoms with Gasteiger partial charge in [-0.15, -0.1) is 0 Å². The molecule has 0 bridgehead atoms. The number of H-pyrrole nitrogens is 1. The van der Waals surface area contributed by atoms with E-state index < -0.39 is 15.6 Å². The van der Waals surface area contributed by atoms with E-state index in [1.807, 2.05) is 0 Å². The van der Waals surface area contributed by atoms with E-state index in [4.69, 9.17) is 11.6 Å². The van der Waals surface area contributed by atoms with E-state index in [0.717, 1.165) is 25.1 Å². The van der Waals surface area contributed by atoms with E-state index in [2.05, 4.69) is 16.6 Å². The van der Waals surface area contributed by atoms with Gasteiger partial charge in [-0.05, 0) is 24.8 Å². The van der Waals surface area contributed by atoms with Crippen molar-refractivity contribution in [1.82, 2.24) is 9.71 Å². The number of sulfonamides is 1. The molecule has 1 fully saturated rings. The summed E-state index contributed by atoms with van der Waals surface area (Å²) in [5, 5.41) is -0.130. The lowest BCUT2D eigenvalue weighted by molar-refractivity contribution is 0.270. The predicted octanol–water partition coefficient (Wildman–Crippen LogP) is 1.11. The third kappa shape index (κ3) is 2.70. The molecule has 1 aliphatic carbocycles. The fourth-order valence-electron chi connectivity index (χ4n) is 1.88. The Morgan fingerprint density at radius 2 is 2.12 bits per heavy atom. The second kappa shape index (κ2) is 4.44. The molecule has 0 saturated heterocycles. The minimum Gasteiger partial charge on any atom is -0.326 e. The highest BCUT2D eigenvalue weighted by Crippen LogP contribution is 2.27. The molecule has 1 aromatic rings. The van der Waals surface area contributed by atoms with Gasteiger partial charge in [0.2, 0.25) is 10.0 Å². The highest BCUT2D eigenvalue weighted by atomic mass is 35.5. The van der Waals surface area contributed by atoms with Gasteiger partial charge >= 0.3 is 0 Å². The number of hydrogen-bond donors (Lipinski definition) is 2. The summed E-state index contributed by atoms with van der Waals surface area (Å²) < 4.78 is 26.4. The Labute approximate surface area is 104 Å². The average molecular weight is 277 g/mol. The van der Waals surface area contributed by atoms with Crippen LogP contribution in [0.3, 0.4) is 0 Å². The molecule has 1 aromatic heterocycles. The van der Waals surface area contributed by atoms with Gasteiger partial charge in [0, 0.05) is 12.2 Å². The molecule has 2 rings (SSSR count). The van der Waals surface area contributed by atoms with Crippen molar-refractivity contribution in [1.29, 1.82) is 0 Å². The largest absolute Gasteiger partial charge is 0.326 e. The van der Waals surface area contributed by atoms with E-state index >= 15 is 0 Å². The quantitative estimate of drug-likeness (QED) is 0.868. The first-order valence-corrected chi connectivity index (χ1v) is 7.15. The van der Waals surface area contributed by atoms with E-state index in [1.165, 1.54) is 0 Å². The SMILES string of the molecule is CC1CC(NS(=O)(=O)c2c[nH]c(=O)c(Cl)c2)C1. The van der Waals surface area contributed by atoms with Crippen LogP contribution in [-0.2, 0) is 10.0 Å². The van der Waals surface area contributed by atoms with Gasteiger partial charge < -0.3 is 4.98 Å². The maximum Gasteiger partial charge on any atom is 0.266 e. The molecule has 0 radical (unpaired) electrons. The molecule has 0 amide bonds. The summed E-state index contributed by atoms with van der Waals surface area (Å²) in [4.78, 5) is 13.3. The van der Waals surface area contributed by atoms with Crippen LogP contribution in [-0.4, -0.2) is 19.4 Å². The zero-order valence-corrected chi connectivity index (χ0v) is 10.8. The van der Waals surface area contributed by atoms with Gasteiger partial charge in [-0.25, -0.2) is 13.1 Å². The summed E-state index contributed by atoms with van der Waals surface area (Å²) in [5.74, 6) is 0.557. The Morgan fingerprint density at radius 1 is 1.47 bits per heavy atom. The highest BCUT2D eigenvalue weighted by molar-refractivity contribution is 7.89. The van der Waals surface area contributed by atoms with Crippen molar-refractivity contribution in [3.05, 3.63) is 27.6 Å². The summed E-state index contributed by atoms with van der Waals surface area (Å²) in [5.41, 5.74) is -0.497. The minimum absolute atomic E-state index is 0.0124. The number of hydrogen-bond acceptors (Lipinski definition) is 3. The molecule has 0 aliphatic heterocycles. The standard InChI is InChI=1S/C10H13ClN2O3S/c1-6-2-7(3-6)13-17(15,16)8-4-9(11)10(14)12-5-8/h4-7,13H,2-3H2,1H3,(H,12,14). The molecule has 94 valence electrons. The van der Waals surface area contributed by atoms with Crippen LogP contribution in [0.25, 0.3) is 0 Å². The lowest BCUT2D eigenvalue weighted by Crippen LogP contribution is -2.43. The Morgan fingerprint density at radius 3 is 2.65 bits per heavy atom. The summed E-state index contributed by atoms with van der Waals surface area (Å²) in [7, 11) is -3.59. The molecule has 0 aromatic carbocycles. The molecule has 1 aliphatic rings. The molecule has 17 heavy (non-hydrogen) atoms. The van der Waals surface area contributed by atoms with Crippen LogP contribution in [0.5, 0.6) is 0 Å². The van der Waals surface area contributed by atoms with Crippen molar-refractivity contribution in [2.75, 3.05) is 0 Å². The number of aromatic amines is 1. The smallest absolute Gasteiger partial charge is 0.266 e. The summed E-state index contributed by atoms with van der Waals surface area (Å²) in [6.07, 6.45) is 2.84. The van der Waals surface area contributed by atoms with Gasteiger partial charge in [0.1, 0.15) is 5.02 Å². The number of pyridine rings is 1. The first kappa shape index (κ1) is 12.6. The number of halogens is 1. The Kier molecular flexibility index (Phi) is 3.29. The zero-order valence-electron chi connectivity index (χ0n) is 9.23. The van der Waals surface area contributed by atoms with Crippen molar-refractivity contribution < 1.29 is 8.42 Å². The zero-order chi connectivity index (χ0) is 12.6.